The molecule has 0 aliphatic carbocycles. The number of halogens is 1. The van der Waals surface area contributed by atoms with E-state index in [4.69, 9.17) is 5.84 Å². The summed E-state index contributed by atoms with van der Waals surface area (Å²) in [6.07, 6.45) is 3.51. The molecule has 7 nitrogen and oxygen atoms in total. The number of nitrogens with two attached hydrogens (primary N) is 1. The highest BCUT2D eigenvalue weighted by atomic mass is 32.1. The number of hydrogen-bond acceptors (Lipinski definition) is 6. The lowest BCUT2D eigenvalue weighted by molar-refractivity contribution is 0.0941. The van der Waals surface area contributed by atoms with E-state index in [1.807, 2.05) is 29.8 Å². The molecule has 3 heterocycles. The number of aromatic nitrogens is 2. The number of H-pyrrole nitrogens is 1. The molecule has 0 fully saturated rings. The Morgan fingerprint density at radius 3 is 2.97 bits per heavy atom. The van der Waals surface area contributed by atoms with Crippen LogP contribution in [0, 0.1) is 5.82 Å². The van der Waals surface area contributed by atoms with Gasteiger partial charge in [-0.3, -0.25) is 16.1 Å². The van der Waals surface area contributed by atoms with Crippen LogP contribution in [0.15, 0.2) is 60.2 Å². The third kappa shape index (κ3) is 4.11. The van der Waals surface area contributed by atoms with Crippen LogP contribution < -0.4 is 21.9 Å². The standard InChI is InChI=1S/C20H19FN6OS/c21-13-3-1-2-12(10-13)17(11-25-22)27-20(28)18-16(6-9-29-18)26-15-5-8-24-19-14(15)4-7-23-19/h1-10,17,25H,11,22H2,(H,27,28)(H2,23,24,26)/t17-/m1/s1. The quantitative estimate of drug-likeness (QED) is 0.237. The van der Waals surface area contributed by atoms with Gasteiger partial charge >= 0.3 is 0 Å². The van der Waals surface area contributed by atoms with Crippen LogP contribution >= 0.6 is 11.3 Å². The summed E-state index contributed by atoms with van der Waals surface area (Å²) in [7, 11) is 0. The van der Waals surface area contributed by atoms with Crippen molar-refractivity contribution >= 4 is 39.7 Å². The van der Waals surface area contributed by atoms with Gasteiger partial charge in [-0.2, -0.15) is 0 Å². The Hall–Kier alpha value is -3.27. The molecular weight excluding hydrogens is 391 g/mol. The van der Waals surface area contributed by atoms with Gasteiger partial charge in [0.2, 0.25) is 0 Å². The van der Waals surface area contributed by atoms with Crippen molar-refractivity contribution in [3.05, 3.63) is 76.5 Å². The summed E-state index contributed by atoms with van der Waals surface area (Å²) in [6, 6.07) is 11.2. The predicted molar refractivity (Wildman–Crippen MR) is 112 cm³/mol. The first-order chi connectivity index (χ1) is 14.2. The zero-order valence-electron chi connectivity index (χ0n) is 15.3. The maximum atomic E-state index is 13.6. The maximum Gasteiger partial charge on any atom is 0.264 e. The van der Waals surface area contributed by atoms with Crippen LogP contribution in [-0.2, 0) is 0 Å². The molecule has 4 rings (SSSR count). The Kier molecular flexibility index (Phi) is 5.52. The number of carbonyl (C=O) groups excluding carboxylic acids is 1. The molecule has 0 spiro atoms. The summed E-state index contributed by atoms with van der Waals surface area (Å²) >= 11 is 1.32. The number of rotatable bonds is 7. The number of fused-ring (bicyclic) bond motifs is 1. The van der Waals surface area contributed by atoms with E-state index in [9.17, 15) is 9.18 Å². The molecule has 4 aromatic rings. The number of benzene rings is 1. The number of thiophene rings is 1. The number of carbonyl (C=O) groups is 1. The summed E-state index contributed by atoms with van der Waals surface area (Å²) in [5, 5.41) is 9.00. The highest BCUT2D eigenvalue weighted by Gasteiger charge is 2.20. The van der Waals surface area contributed by atoms with Crippen molar-refractivity contribution in [2.24, 2.45) is 5.84 Å². The molecule has 9 heteroatoms. The van der Waals surface area contributed by atoms with Crippen LogP contribution in [0.3, 0.4) is 0 Å². The first-order valence-electron chi connectivity index (χ1n) is 8.92. The number of nitrogens with one attached hydrogen (secondary N) is 4. The fourth-order valence-corrected chi connectivity index (χ4v) is 3.87. The lowest BCUT2D eigenvalue weighted by atomic mass is 10.1. The zero-order chi connectivity index (χ0) is 20.2. The van der Waals surface area contributed by atoms with Gasteiger partial charge in [0.1, 0.15) is 16.3 Å². The molecule has 0 saturated heterocycles. The van der Waals surface area contributed by atoms with E-state index < -0.39 is 6.04 Å². The van der Waals surface area contributed by atoms with Crippen molar-refractivity contribution < 1.29 is 9.18 Å². The fourth-order valence-electron chi connectivity index (χ4n) is 3.12. The van der Waals surface area contributed by atoms with Gasteiger partial charge in [-0.25, -0.2) is 9.37 Å². The molecule has 3 aromatic heterocycles. The Morgan fingerprint density at radius 2 is 2.14 bits per heavy atom. The van der Waals surface area contributed by atoms with Crippen molar-refractivity contribution in [2.45, 2.75) is 6.04 Å². The second-order valence-corrected chi connectivity index (χ2v) is 7.29. The number of hydrazine groups is 1. The summed E-state index contributed by atoms with van der Waals surface area (Å²) in [6.45, 7) is 0.262. The lowest BCUT2D eigenvalue weighted by Crippen LogP contribution is -2.38. The molecule has 1 atom stereocenters. The van der Waals surface area contributed by atoms with Crippen LogP contribution in [-0.4, -0.2) is 22.4 Å². The van der Waals surface area contributed by atoms with E-state index in [1.165, 1.54) is 23.5 Å². The van der Waals surface area contributed by atoms with Gasteiger partial charge in [0.15, 0.2) is 0 Å². The van der Waals surface area contributed by atoms with E-state index in [-0.39, 0.29) is 18.3 Å². The minimum absolute atomic E-state index is 0.262. The van der Waals surface area contributed by atoms with Crippen molar-refractivity contribution in [3.63, 3.8) is 0 Å². The highest BCUT2D eigenvalue weighted by Crippen LogP contribution is 2.30. The fraction of sp³-hybridized carbons (Fsp3) is 0.100. The smallest absolute Gasteiger partial charge is 0.264 e. The minimum atomic E-state index is -0.476. The molecule has 29 heavy (non-hydrogen) atoms. The van der Waals surface area contributed by atoms with Gasteiger partial charge in [0, 0.05) is 24.3 Å². The molecule has 0 bridgehead atoms. The third-order valence-corrected chi connectivity index (χ3v) is 5.39. The molecule has 6 N–H and O–H groups in total. The summed E-state index contributed by atoms with van der Waals surface area (Å²) < 4.78 is 13.6. The molecule has 0 aliphatic rings. The SMILES string of the molecule is NNC[C@@H](NC(=O)c1sccc1Nc1ccnc2[nH]ccc12)c1cccc(F)c1. The van der Waals surface area contributed by atoms with Crippen LogP contribution in [0.25, 0.3) is 11.0 Å². The Balaban J connectivity index is 1.56. The summed E-state index contributed by atoms with van der Waals surface area (Å²) in [5.74, 6) is 4.82. The number of amides is 1. The lowest BCUT2D eigenvalue weighted by Gasteiger charge is -2.19. The van der Waals surface area contributed by atoms with Gasteiger partial charge in [-0.1, -0.05) is 12.1 Å². The third-order valence-electron chi connectivity index (χ3n) is 4.48. The van der Waals surface area contributed by atoms with Crippen LogP contribution in [0.2, 0.25) is 0 Å². The number of pyridine rings is 1. The van der Waals surface area contributed by atoms with Crippen molar-refractivity contribution in [3.8, 4) is 0 Å². The second kappa shape index (κ2) is 8.39. The molecule has 148 valence electrons. The molecule has 0 radical (unpaired) electrons. The molecule has 1 amide bonds. The minimum Gasteiger partial charge on any atom is -0.354 e. The predicted octanol–water partition coefficient (Wildman–Crippen LogP) is 3.44. The van der Waals surface area contributed by atoms with Gasteiger partial charge in [-0.15, -0.1) is 11.3 Å². The van der Waals surface area contributed by atoms with E-state index in [0.717, 1.165) is 16.7 Å². The zero-order valence-corrected chi connectivity index (χ0v) is 16.1. The van der Waals surface area contributed by atoms with Crippen LogP contribution in [0.5, 0.6) is 0 Å². The van der Waals surface area contributed by atoms with Gasteiger partial charge in [0.05, 0.1) is 17.4 Å². The molecule has 0 saturated carbocycles. The average Bonchev–Trinajstić information content (AvgIpc) is 3.37. The van der Waals surface area contributed by atoms with Crippen LogP contribution in [0.1, 0.15) is 21.3 Å². The average molecular weight is 410 g/mol. The van der Waals surface area contributed by atoms with Crippen LogP contribution in [0.4, 0.5) is 15.8 Å². The number of nitrogens with zero attached hydrogens (tertiary/aromatic N) is 1. The number of anilines is 2. The first-order valence-corrected chi connectivity index (χ1v) is 9.80. The monoisotopic (exact) mass is 410 g/mol. The molecule has 1 aromatic carbocycles. The van der Waals surface area contributed by atoms with Crippen molar-refractivity contribution in [2.75, 3.05) is 11.9 Å². The Morgan fingerprint density at radius 1 is 1.24 bits per heavy atom. The summed E-state index contributed by atoms with van der Waals surface area (Å²) in [4.78, 5) is 20.8. The number of aromatic amines is 1. The normalized spacial score (nSPS) is 12.1. The van der Waals surface area contributed by atoms with E-state index in [0.29, 0.717) is 16.1 Å². The summed E-state index contributed by atoms with van der Waals surface area (Å²) in [5.41, 5.74) is 5.46. The van der Waals surface area contributed by atoms with Gasteiger partial charge in [0.25, 0.3) is 5.91 Å². The molecule has 0 unspecified atom stereocenters. The second-order valence-electron chi connectivity index (χ2n) is 6.38. The molecular formula is C20H19FN6OS. The van der Waals surface area contributed by atoms with E-state index >= 15 is 0 Å². The largest absolute Gasteiger partial charge is 0.354 e. The van der Waals surface area contributed by atoms with E-state index in [1.54, 1.807) is 18.3 Å². The maximum absolute atomic E-state index is 13.6. The Labute approximate surface area is 170 Å². The van der Waals surface area contributed by atoms with Crippen molar-refractivity contribution in [1.82, 2.24) is 20.7 Å². The first kappa shape index (κ1) is 19.1. The van der Waals surface area contributed by atoms with Crippen molar-refractivity contribution in [1.29, 1.82) is 0 Å². The highest BCUT2D eigenvalue weighted by molar-refractivity contribution is 7.12. The van der Waals surface area contributed by atoms with Gasteiger partial charge in [-0.05, 0) is 41.3 Å². The number of hydrogen-bond donors (Lipinski definition) is 5. The Bertz CT molecular complexity index is 1140. The topological polar surface area (TPSA) is 108 Å². The molecule has 0 aliphatic heterocycles. The van der Waals surface area contributed by atoms with Gasteiger partial charge < -0.3 is 15.6 Å². The van der Waals surface area contributed by atoms with E-state index in [2.05, 4.69) is 26.0 Å².